The van der Waals surface area contributed by atoms with Crippen LogP contribution in [0.3, 0.4) is 0 Å². The fourth-order valence-corrected chi connectivity index (χ4v) is 10.3. The van der Waals surface area contributed by atoms with E-state index in [0.29, 0.717) is 17.9 Å². The molecule has 0 radical (unpaired) electrons. The summed E-state index contributed by atoms with van der Waals surface area (Å²) in [6.07, 6.45) is -0.242. The summed E-state index contributed by atoms with van der Waals surface area (Å²) < 4.78 is 49.9. The first-order valence-electron chi connectivity index (χ1n) is 24.5. The molecule has 0 bridgehead atoms. The number of fused-ring (bicyclic) bond motifs is 1. The van der Waals surface area contributed by atoms with Gasteiger partial charge in [-0.3, -0.25) is 24.2 Å². The zero-order chi connectivity index (χ0) is 52.5. The predicted molar refractivity (Wildman–Crippen MR) is 260 cm³/mol. The van der Waals surface area contributed by atoms with Gasteiger partial charge in [0.1, 0.15) is 36.3 Å². The van der Waals surface area contributed by atoms with Crippen molar-refractivity contribution in [1.29, 1.82) is 0 Å². The summed E-state index contributed by atoms with van der Waals surface area (Å²) >= 11 is 0. The van der Waals surface area contributed by atoms with E-state index in [1.165, 1.54) is 20.0 Å². The van der Waals surface area contributed by atoms with Crippen LogP contribution >= 0.6 is 0 Å². The van der Waals surface area contributed by atoms with Gasteiger partial charge < -0.3 is 48.1 Å². The Kier molecular flexibility index (Phi) is 18.3. The molecule has 19 heteroatoms. The molecular formula is C53H69N5O14. The number of ketones is 1. The number of amides is 1. The molecule has 1 N–H and O–H groups in total. The maximum atomic E-state index is 14.8. The highest BCUT2D eigenvalue weighted by molar-refractivity contribution is 5.85. The van der Waals surface area contributed by atoms with Crippen LogP contribution in [0, 0.1) is 23.7 Å². The van der Waals surface area contributed by atoms with Crippen molar-refractivity contribution in [3.8, 4) is 11.4 Å². The molecule has 2 aromatic heterocycles. The summed E-state index contributed by atoms with van der Waals surface area (Å²) in [7, 11) is 3.66. The normalized spacial score (nSPS) is 32.4. The molecule has 0 aliphatic carbocycles. The van der Waals surface area contributed by atoms with Crippen LogP contribution in [0.5, 0.6) is 0 Å². The number of Topliss-reactive ketones (excluding diaryl/α,β-unsaturated/α-hetero) is 1. The largest absolute Gasteiger partial charge is 0.509 e. The number of cyclic esters (lactones) is 1. The van der Waals surface area contributed by atoms with Gasteiger partial charge in [0.25, 0.3) is 0 Å². The molecule has 3 saturated heterocycles. The number of carbonyl (C=O) groups is 6. The van der Waals surface area contributed by atoms with Crippen molar-refractivity contribution in [1.82, 2.24) is 25.2 Å². The molecular weight excluding hydrogens is 931 g/mol. The van der Waals surface area contributed by atoms with Gasteiger partial charge in [-0.15, -0.1) is 0 Å². The summed E-state index contributed by atoms with van der Waals surface area (Å²) in [5.74, 6) is -6.16. The smallest absolute Gasteiger partial charge is 0.461 e. The molecule has 3 fully saturated rings. The highest BCUT2D eigenvalue weighted by atomic mass is 16.8. The summed E-state index contributed by atoms with van der Waals surface area (Å²) in [6, 6.07) is 12.9. The van der Waals surface area contributed by atoms with E-state index < -0.39 is 114 Å². The zero-order valence-corrected chi connectivity index (χ0v) is 43.0. The van der Waals surface area contributed by atoms with Crippen molar-refractivity contribution in [2.75, 3.05) is 20.7 Å². The number of likely N-dealkylation sites (N-methyl/N-ethyl adjacent to an activating group) is 1. The quantitative estimate of drug-likeness (QED) is 0.139. The number of alkyl carbamates (subject to hydrolysis) is 1. The predicted octanol–water partition coefficient (Wildman–Crippen LogP) is 6.71. The number of rotatable bonds is 13. The Bertz CT molecular complexity index is 2390. The van der Waals surface area contributed by atoms with Gasteiger partial charge in [-0.2, -0.15) is 0 Å². The van der Waals surface area contributed by atoms with E-state index in [4.69, 9.17) is 37.9 Å². The molecule has 6 rings (SSSR count). The average molecular weight is 1000 g/mol. The van der Waals surface area contributed by atoms with Crippen LogP contribution in [0.25, 0.3) is 17.5 Å². The maximum Gasteiger partial charge on any atom is 0.509 e. The maximum absolute atomic E-state index is 14.8. The van der Waals surface area contributed by atoms with Gasteiger partial charge in [-0.25, -0.2) is 19.6 Å². The molecule has 5 heterocycles. The summed E-state index contributed by atoms with van der Waals surface area (Å²) in [4.78, 5) is 98.4. The van der Waals surface area contributed by atoms with Crippen molar-refractivity contribution in [3.63, 3.8) is 0 Å². The highest BCUT2D eigenvalue weighted by Gasteiger charge is 2.58. The Hall–Kier alpha value is -6.31. The lowest BCUT2D eigenvalue weighted by Gasteiger charge is -2.48. The lowest BCUT2D eigenvalue weighted by Crippen LogP contribution is -2.61. The molecule has 0 unspecified atom stereocenters. The second kappa shape index (κ2) is 23.9. The molecule has 72 heavy (non-hydrogen) atoms. The molecule has 390 valence electrons. The Morgan fingerprint density at radius 2 is 1.58 bits per heavy atom. The lowest BCUT2D eigenvalue weighted by molar-refractivity contribution is -0.302. The first-order valence-corrected chi connectivity index (χ1v) is 24.5. The number of nitrogens with one attached hydrogen (secondary N) is 1. The Labute approximate surface area is 421 Å². The number of nitrogens with zero attached hydrogens (tertiary/aromatic N) is 4. The molecule has 3 aliphatic heterocycles. The van der Waals surface area contributed by atoms with Gasteiger partial charge in [0, 0.05) is 48.8 Å². The summed E-state index contributed by atoms with van der Waals surface area (Å²) in [6.45, 7) is 14.3. The Morgan fingerprint density at radius 3 is 2.22 bits per heavy atom. The number of ether oxygens (including phenoxy) is 8. The van der Waals surface area contributed by atoms with Crippen molar-refractivity contribution in [2.24, 2.45) is 23.7 Å². The van der Waals surface area contributed by atoms with Gasteiger partial charge in [0.05, 0.1) is 36.2 Å². The van der Waals surface area contributed by atoms with Crippen molar-refractivity contribution < 1.29 is 66.7 Å². The van der Waals surface area contributed by atoms with E-state index >= 15 is 0 Å². The zero-order valence-electron chi connectivity index (χ0n) is 43.0. The second-order valence-electron chi connectivity index (χ2n) is 19.7. The molecule has 3 aliphatic rings. The number of hydrogen-bond donors (Lipinski definition) is 1. The molecule has 14 atom stereocenters. The van der Waals surface area contributed by atoms with Crippen LogP contribution in [-0.2, 0) is 63.5 Å². The van der Waals surface area contributed by atoms with E-state index in [1.807, 2.05) is 50.2 Å². The summed E-state index contributed by atoms with van der Waals surface area (Å²) in [5, 5.41) is 2.78. The van der Waals surface area contributed by atoms with Crippen LogP contribution in [0.2, 0.25) is 0 Å². The van der Waals surface area contributed by atoms with Crippen LogP contribution in [0.1, 0.15) is 92.8 Å². The van der Waals surface area contributed by atoms with Crippen molar-refractivity contribution >= 4 is 42.0 Å². The fraction of sp³-hybridized carbons (Fsp3) is 0.566. The lowest BCUT2D eigenvalue weighted by atomic mass is 9.73. The third kappa shape index (κ3) is 13.2. The molecule has 0 spiro atoms. The monoisotopic (exact) mass is 999 g/mol. The minimum absolute atomic E-state index is 0.184. The first-order chi connectivity index (χ1) is 34.1. The number of pyridine rings is 1. The minimum Gasteiger partial charge on any atom is -0.461 e. The number of esters is 3. The standard InChI is InChI=1S/C53H69N5O14/c1-12-40-53(9)45(57-50(63)71-53)32(4)42(61)30(2)29-52(8,72-51(64)65-26-15-17-36-19-21-37(22-20-36)47-55-24-16-25-56-47)46(70-49-44(67-35(7)59)39(58(10)11)27-31(3)66-49)33(5)43(34(6)48(62)68-40)69-41(60)28-38-18-13-14-23-54-38/h13-25,30-34,39-40,43-46,49H,12,26-29H2,1-11H3,(H,57,63)/b17-15+/t30-,31-,32+,33+,34-,39+,40-,43+,44-,45-,46-,49+,52-,53-/m1/s1. The number of hydrogen-bond acceptors (Lipinski definition) is 18. The van der Waals surface area contributed by atoms with E-state index in [-0.39, 0.29) is 31.7 Å². The first kappa shape index (κ1) is 55.0. The topological polar surface area (TPSA) is 230 Å². The molecule has 19 nitrogen and oxygen atoms in total. The highest BCUT2D eigenvalue weighted by Crippen LogP contribution is 2.42. The van der Waals surface area contributed by atoms with Gasteiger partial charge in [-0.05, 0) is 90.9 Å². The Morgan fingerprint density at radius 1 is 0.889 bits per heavy atom. The van der Waals surface area contributed by atoms with Gasteiger partial charge >= 0.3 is 30.2 Å². The molecule has 1 amide bonds. The third-order valence-corrected chi connectivity index (χ3v) is 13.9. The number of aromatic nitrogens is 3. The summed E-state index contributed by atoms with van der Waals surface area (Å²) in [5.41, 5.74) is -1.38. The van der Waals surface area contributed by atoms with Crippen LogP contribution < -0.4 is 5.32 Å². The molecule has 1 aromatic carbocycles. The van der Waals surface area contributed by atoms with Crippen molar-refractivity contribution in [2.45, 2.75) is 148 Å². The molecule has 3 aromatic rings. The number of benzene rings is 1. The SMILES string of the molecule is CC[C@H]1OC(=O)[C@H](C)[C@@H](OC(=O)Cc2ccccn2)[C@H](C)[C@@H](O[C@@H]2O[C@H](C)C[C@H](N(C)C)[C@H]2OC(C)=O)[C@](C)(OC(=O)OC/C=C/c2ccc(-c3ncccn3)cc2)C[C@@H](C)C(=O)[C@H](C)[C@H]2NC(=O)O[C@@]21C. The molecule has 0 saturated carbocycles. The van der Waals surface area contributed by atoms with Crippen molar-refractivity contribution in [3.05, 3.63) is 84.5 Å². The van der Waals surface area contributed by atoms with Crippen LogP contribution in [-0.4, -0.2) is 137 Å². The third-order valence-electron chi connectivity index (χ3n) is 13.9. The Balaban J connectivity index is 1.43. The van der Waals surface area contributed by atoms with E-state index in [2.05, 4.69) is 20.3 Å². The van der Waals surface area contributed by atoms with E-state index in [0.717, 1.165) is 11.1 Å². The van der Waals surface area contributed by atoms with Crippen LogP contribution in [0.15, 0.2) is 73.2 Å². The van der Waals surface area contributed by atoms with E-state index in [1.54, 1.807) is 90.4 Å². The van der Waals surface area contributed by atoms with Gasteiger partial charge in [-0.1, -0.05) is 64.1 Å². The van der Waals surface area contributed by atoms with Gasteiger partial charge in [0.2, 0.25) is 0 Å². The average Bonchev–Trinajstić information content (AvgIpc) is 3.66. The fourth-order valence-electron chi connectivity index (χ4n) is 10.3. The van der Waals surface area contributed by atoms with Gasteiger partial charge in [0.15, 0.2) is 23.8 Å². The van der Waals surface area contributed by atoms with E-state index in [9.17, 15) is 28.8 Å². The number of carbonyl (C=O) groups excluding carboxylic acids is 6. The minimum atomic E-state index is -1.88. The second-order valence-corrected chi connectivity index (χ2v) is 19.7. The van der Waals surface area contributed by atoms with Crippen LogP contribution in [0.4, 0.5) is 9.59 Å².